The van der Waals surface area contributed by atoms with Gasteiger partial charge in [-0.3, -0.25) is 14.5 Å². The number of rotatable bonds is 6. The van der Waals surface area contributed by atoms with Crippen molar-refractivity contribution in [3.8, 4) is 5.69 Å². The highest BCUT2D eigenvalue weighted by molar-refractivity contribution is 8.18. The van der Waals surface area contributed by atoms with Gasteiger partial charge in [0.15, 0.2) is 0 Å². The number of imide groups is 1. The molecule has 1 aromatic heterocycles. The summed E-state index contributed by atoms with van der Waals surface area (Å²) in [6, 6.07) is 9.23. The van der Waals surface area contributed by atoms with Crippen LogP contribution in [0.25, 0.3) is 11.8 Å². The predicted molar refractivity (Wildman–Crippen MR) is 123 cm³/mol. The number of carbonyl (C=O) groups excluding carboxylic acids is 3. The van der Waals surface area contributed by atoms with Gasteiger partial charge >= 0.3 is 5.97 Å². The molecule has 2 heterocycles. The second-order valence-corrected chi connectivity index (χ2v) is 8.55. The maximum absolute atomic E-state index is 12.8. The molecule has 1 aromatic carbocycles. The quantitative estimate of drug-likeness (QED) is 0.495. The van der Waals surface area contributed by atoms with Crippen molar-refractivity contribution in [3.63, 3.8) is 0 Å². The highest BCUT2D eigenvalue weighted by atomic mass is 32.2. The maximum Gasteiger partial charge on any atom is 0.329 e. The van der Waals surface area contributed by atoms with Gasteiger partial charge in [0, 0.05) is 36.9 Å². The minimum atomic E-state index is -0.957. The number of thioether (sulfide) groups is 1. The van der Waals surface area contributed by atoms with Gasteiger partial charge in [-0.1, -0.05) is 0 Å². The van der Waals surface area contributed by atoms with Crippen molar-refractivity contribution in [1.82, 2.24) is 9.47 Å². The van der Waals surface area contributed by atoms with Crippen LogP contribution in [0, 0.1) is 13.8 Å². The summed E-state index contributed by atoms with van der Waals surface area (Å²) in [4.78, 5) is 40.6. The van der Waals surface area contributed by atoms with E-state index in [0.717, 1.165) is 45.0 Å². The third kappa shape index (κ3) is 4.39. The van der Waals surface area contributed by atoms with Crippen LogP contribution >= 0.6 is 11.8 Å². The number of hydrogen-bond acceptors (Lipinski definition) is 6. The molecule has 1 aliphatic heterocycles. The van der Waals surface area contributed by atoms with Gasteiger partial charge in [0.25, 0.3) is 11.1 Å². The number of aromatic nitrogens is 1. The van der Waals surface area contributed by atoms with Crippen LogP contribution in [0.5, 0.6) is 0 Å². The largest absolute Gasteiger partial charge is 0.464 e. The monoisotopic (exact) mass is 441 g/mol. The molecule has 0 radical (unpaired) electrons. The molecule has 1 fully saturated rings. The fraction of sp³-hybridized carbons (Fsp3) is 0.348. The van der Waals surface area contributed by atoms with Crippen molar-refractivity contribution in [3.05, 3.63) is 52.2 Å². The summed E-state index contributed by atoms with van der Waals surface area (Å²) in [5, 5.41) is -0.468. The maximum atomic E-state index is 12.8. The molecule has 1 saturated heterocycles. The molecule has 8 heteroatoms. The van der Waals surface area contributed by atoms with Gasteiger partial charge in [0.2, 0.25) is 0 Å². The fourth-order valence-electron chi connectivity index (χ4n) is 3.55. The lowest BCUT2D eigenvalue weighted by molar-refractivity contribution is -0.150. The summed E-state index contributed by atoms with van der Waals surface area (Å²) < 4.78 is 7.06. The molecule has 2 amide bonds. The molecule has 0 aliphatic carbocycles. The summed E-state index contributed by atoms with van der Waals surface area (Å²) in [6.45, 7) is 7.35. The Kier molecular flexibility index (Phi) is 6.59. The van der Waals surface area contributed by atoms with E-state index in [1.807, 2.05) is 51.0 Å². The van der Waals surface area contributed by atoms with E-state index >= 15 is 0 Å². The van der Waals surface area contributed by atoms with Crippen molar-refractivity contribution in [1.29, 1.82) is 0 Å². The number of benzene rings is 1. The van der Waals surface area contributed by atoms with E-state index in [1.165, 1.54) is 6.92 Å². The van der Waals surface area contributed by atoms with Crippen LogP contribution in [0.4, 0.5) is 10.5 Å². The Morgan fingerprint density at radius 3 is 2.42 bits per heavy atom. The SMILES string of the molecule is CCOC(=O)[C@@H](C)N1C(=O)S/C(=C/c2cc(C)n(-c3ccc(N(C)C)cc3)c2C)C1=O. The van der Waals surface area contributed by atoms with Crippen molar-refractivity contribution in [2.24, 2.45) is 0 Å². The first-order chi connectivity index (χ1) is 14.6. The lowest BCUT2D eigenvalue weighted by Crippen LogP contribution is -2.42. The molecule has 0 spiro atoms. The van der Waals surface area contributed by atoms with Gasteiger partial charge < -0.3 is 14.2 Å². The van der Waals surface area contributed by atoms with Crippen LogP contribution in [0.15, 0.2) is 35.2 Å². The molecule has 1 aliphatic rings. The van der Waals surface area contributed by atoms with E-state index < -0.39 is 23.2 Å². The number of ether oxygens (including phenoxy) is 1. The van der Waals surface area contributed by atoms with Gasteiger partial charge in [-0.2, -0.15) is 0 Å². The van der Waals surface area contributed by atoms with Crippen molar-refractivity contribution < 1.29 is 19.1 Å². The van der Waals surface area contributed by atoms with Gasteiger partial charge in [-0.25, -0.2) is 4.79 Å². The second-order valence-electron chi connectivity index (χ2n) is 7.55. The molecule has 0 bridgehead atoms. The molecule has 7 nitrogen and oxygen atoms in total. The van der Waals surface area contributed by atoms with Crippen LogP contribution in [0.2, 0.25) is 0 Å². The first kappa shape index (κ1) is 22.7. The molecule has 2 aromatic rings. The minimum Gasteiger partial charge on any atom is -0.464 e. The van der Waals surface area contributed by atoms with Crippen LogP contribution in [0.1, 0.15) is 30.8 Å². The molecule has 31 heavy (non-hydrogen) atoms. The van der Waals surface area contributed by atoms with Crippen molar-refractivity contribution in [2.45, 2.75) is 33.7 Å². The van der Waals surface area contributed by atoms with Crippen LogP contribution < -0.4 is 4.90 Å². The summed E-state index contributed by atoms with van der Waals surface area (Å²) in [7, 11) is 3.99. The van der Waals surface area contributed by atoms with Gasteiger partial charge in [0.1, 0.15) is 6.04 Å². The van der Waals surface area contributed by atoms with Crippen LogP contribution in [-0.4, -0.2) is 53.3 Å². The zero-order valence-electron chi connectivity index (χ0n) is 18.6. The third-order valence-corrected chi connectivity index (χ3v) is 6.10. The first-order valence-electron chi connectivity index (χ1n) is 10.1. The van der Waals surface area contributed by atoms with E-state index in [4.69, 9.17) is 4.74 Å². The Balaban J connectivity index is 1.91. The summed E-state index contributed by atoms with van der Waals surface area (Å²) >= 11 is 0.841. The smallest absolute Gasteiger partial charge is 0.329 e. The number of carbonyl (C=O) groups is 3. The third-order valence-electron chi connectivity index (χ3n) is 5.22. The molecular formula is C23H27N3O4S. The number of hydrogen-bond donors (Lipinski definition) is 0. The van der Waals surface area contributed by atoms with Crippen LogP contribution in [-0.2, 0) is 14.3 Å². The summed E-state index contributed by atoms with van der Waals surface area (Å²) in [5.41, 5.74) is 4.95. The number of aryl methyl sites for hydroxylation is 1. The average molecular weight is 442 g/mol. The summed E-state index contributed by atoms with van der Waals surface area (Å²) in [5.74, 6) is -1.07. The number of anilines is 1. The Labute approximate surface area is 186 Å². The van der Waals surface area contributed by atoms with E-state index in [1.54, 1.807) is 13.0 Å². The fourth-order valence-corrected chi connectivity index (χ4v) is 4.45. The molecule has 1 atom stereocenters. The van der Waals surface area contributed by atoms with Gasteiger partial charge in [-0.05, 0) is 81.4 Å². The molecule has 0 saturated carbocycles. The lowest BCUT2D eigenvalue weighted by Gasteiger charge is -2.19. The van der Waals surface area contributed by atoms with E-state index in [9.17, 15) is 14.4 Å². The van der Waals surface area contributed by atoms with Gasteiger partial charge in [0.05, 0.1) is 11.5 Å². The molecule has 0 unspecified atom stereocenters. The van der Waals surface area contributed by atoms with Gasteiger partial charge in [-0.15, -0.1) is 0 Å². The Bertz CT molecular complexity index is 1050. The average Bonchev–Trinajstić information content (AvgIpc) is 3.16. The molecular weight excluding hydrogens is 414 g/mol. The normalized spacial score (nSPS) is 16.2. The molecule has 0 N–H and O–H groups in total. The topological polar surface area (TPSA) is 71.8 Å². The number of amides is 2. The predicted octanol–water partition coefficient (Wildman–Crippen LogP) is 4.15. The minimum absolute atomic E-state index is 0.191. The highest BCUT2D eigenvalue weighted by Gasteiger charge is 2.41. The first-order valence-corrected chi connectivity index (χ1v) is 10.9. The Hall–Kier alpha value is -3.00. The highest BCUT2D eigenvalue weighted by Crippen LogP contribution is 2.35. The number of nitrogens with zero attached hydrogens (tertiary/aromatic N) is 3. The second kappa shape index (κ2) is 9.01. The Morgan fingerprint density at radius 1 is 1.19 bits per heavy atom. The molecule has 3 rings (SSSR count). The standard InChI is InChI=1S/C23H27N3O4S/c1-7-30-22(28)16(4)26-21(27)20(31-23(26)29)13-17-12-14(2)25(15(17)3)19-10-8-18(9-11-19)24(5)6/h8-13,16H,7H2,1-6H3/b20-13+/t16-/m1/s1. The zero-order valence-corrected chi connectivity index (χ0v) is 19.4. The van der Waals surface area contributed by atoms with E-state index in [2.05, 4.69) is 16.7 Å². The van der Waals surface area contributed by atoms with Crippen LogP contribution in [0.3, 0.4) is 0 Å². The van der Waals surface area contributed by atoms with E-state index in [-0.39, 0.29) is 6.61 Å². The lowest BCUT2D eigenvalue weighted by atomic mass is 10.2. The summed E-state index contributed by atoms with van der Waals surface area (Å²) in [6.07, 6.45) is 1.72. The van der Waals surface area contributed by atoms with Crippen molar-refractivity contribution in [2.75, 3.05) is 25.6 Å². The van der Waals surface area contributed by atoms with E-state index in [0.29, 0.717) is 4.91 Å². The number of esters is 1. The zero-order chi connectivity index (χ0) is 22.9. The molecule has 164 valence electrons. The Morgan fingerprint density at radius 2 is 1.84 bits per heavy atom. The van der Waals surface area contributed by atoms with Crippen molar-refractivity contribution >= 4 is 40.6 Å².